The van der Waals surface area contributed by atoms with Crippen LogP contribution in [0.1, 0.15) is 57.0 Å². The molecule has 0 saturated carbocycles. The van der Waals surface area contributed by atoms with Gasteiger partial charge in [0, 0.05) is 28.6 Å². The first-order chi connectivity index (χ1) is 10.1. The molecule has 3 rings (SSSR count). The van der Waals surface area contributed by atoms with Gasteiger partial charge in [-0.15, -0.1) is 11.3 Å². The van der Waals surface area contributed by atoms with Crippen molar-refractivity contribution in [3.63, 3.8) is 0 Å². The number of carbonyl (C=O) groups is 2. The van der Waals surface area contributed by atoms with Gasteiger partial charge in [-0.05, 0) is 37.5 Å². The van der Waals surface area contributed by atoms with Crippen molar-refractivity contribution in [1.82, 2.24) is 10.3 Å². The van der Waals surface area contributed by atoms with Gasteiger partial charge in [0.2, 0.25) is 0 Å². The Morgan fingerprint density at radius 2 is 2.24 bits per heavy atom. The monoisotopic (exact) mass is 300 g/mol. The minimum absolute atomic E-state index is 0.0670. The Kier molecular flexibility index (Phi) is 3.84. The van der Waals surface area contributed by atoms with E-state index >= 15 is 0 Å². The maximum Gasteiger partial charge on any atom is 0.251 e. The van der Waals surface area contributed by atoms with Crippen LogP contribution in [0.25, 0.3) is 0 Å². The molecule has 21 heavy (non-hydrogen) atoms. The van der Waals surface area contributed by atoms with Gasteiger partial charge in [-0.2, -0.15) is 0 Å². The first-order valence-electron chi connectivity index (χ1n) is 7.00. The van der Waals surface area contributed by atoms with Crippen LogP contribution >= 0.6 is 11.3 Å². The highest BCUT2D eigenvalue weighted by Crippen LogP contribution is 2.23. The molecule has 1 N–H and O–H groups in total. The van der Waals surface area contributed by atoms with Crippen LogP contribution in [-0.4, -0.2) is 16.7 Å². The summed E-state index contributed by atoms with van der Waals surface area (Å²) in [6.45, 7) is 1.94. The molecule has 4 nitrogen and oxygen atoms in total. The molecule has 1 amide bonds. The highest BCUT2D eigenvalue weighted by atomic mass is 32.1. The van der Waals surface area contributed by atoms with E-state index in [1.54, 1.807) is 23.8 Å². The summed E-state index contributed by atoms with van der Waals surface area (Å²) in [6, 6.07) is 5.30. The number of benzene rings is 1. The van der Waals surface area contributed by atoms with Crippen molar-refractivity contribution >= 4 is 23.0 Å². The zero-order chi connectivity index (χ0) is 14.8. The van der Waals surface area contributed by atoms with Gasteiger partial charge in [-0.1, -0.05) is 6.07 Å². The molecule has 108 valence electrons. The SMILES string of the molecule is C[C@H](NC(=O)c1ccc2c(c1)CCCC2=O)c1cncs1. The Morgan fingerprint density at radius 1 is 1.38 bits per heavy atom. The van der Waals surface area contributed by atoms with Crippen LogP contribution in [0.2, 0.25) is 0 Å². The first kappa shape index (κ1) is 13.9. The van der Waals surface area contributed by atoms with Crippen LogP contribution in [0.4, 0.5) is 0 Å². The molecule has 1 aliphatic carbocycles. The molecule has 0 spiro atoms. The third kappa shape index (κ3) is 2.88. The zero-order valence-corrected chi connectivity index (χ0v) is 12.6. The third-order valence-corrected chi connectivity index (χ3v) is 4.70. The maximum atomic E-state index is 12.3. The predicted octanol–water partition coefficient (Wildman–Crippen LogP) is 3.15. The number of ketones is 1. The molecule has 0 unspecified atom stereocenters. The van der Waals surface area contributed by atoms with Crippen LogP contribution < -0.4 is 5.32 Å². The van der Waals surface area contributed by atoms with Crippen LogP contribution in [0.3, 0.4) is 0 Å². The third-order valence-electron chi connectivity index (χ3n) is 3.74. The van der Waals surface area contributed by atoms with E-state index in [1.807, 2.05) is 13.0 Å². The van der Waals surface area contributed by atoms with E-state index in [9.17, 15) is 9.59 Å². The molecule has 0 saturated heterocycles. The van der Waals surface area contributed by atoms with Gasteiger partial charge in [0.1, 0.15) is 0 Å². The van der Waals surface area contributed by atoms with Gasteiger partial charge in [-0.25, -0.2) is 0 Å². The summed E-state index contributed by atoms with van der Waals surface area (Å²) < 4.78 is 0. The standard InChI is InChI=1S/C16H16N2O2S/c1-10(15-8-17-9-21-15)18-16(20)12-5-6-13-11(7-12)3-2-4-14(13)19/h5-10H,2-4H2,1H3,(H,18,20)/t10-/m0/s1. The Bertz CT molecular complexity index is 680. The first-order valence-corrected chi connectivity index (χ1v) is 7.88. The fraction of sp³-hybridized carbons (Fsp3) is 0.312. The minimum atomic E-state index is -0.114. The normalized spacial score (nSPS) is 15.4. The van der Waals surface area contributed by atoms with E-state index in [0.717, 1.165) is 28.8 Å². The van der Waals surface area contributed by atoms with Crippen molar-refractivity contribution < 1.29 is 9.59 Å². The number of aryl methyl sites for hydroxylation is 1. The average Bonchev–Trinajstić information content (AvgIpc) is 3.01. The van der Waals surface area contributed by atoms with E-state index in [-0.39, 0.29) is 17.7 Å². The summed E-state index contributed by atoms with van der Waals surface area (Å²) in [6.07, 6.45) is 4.11. The maximum absolute atomic E-state index is 12.3. The number of Topliss-reactive ketones (excluding diaryl/α,β-unsaturated/α-hetero) is 1. The minimum Gasteiger partial charge on any atom is -0.345 e. The number of carbonyl (C=O) groups excluding carboxylic acids is 2. The molecular weight excluding hydrogens is 284 g/mol. The second kappa shape index (κ2) is 5.77. The van der Waals surface area contributed by atoms with Crippen LogP contribution in [0.15, 0.2) is 29.9 Å². The van der Waals surface area contributed by atoms with Crippen molar-refractivity contribution in [2.24, 2.45) is 0 Å². The lowest BCUT2D eigenvalue weighted by atomic mass is 9.89. The number of nitrogens with zero attached hydrogens (tertiary/aromatic N) is 1. The van der Waals surface area contributed by atoms with Gasteiger partial charge in [-0.3, -0.25) is 14.6 Å². The molecule has 0 fully saturated rings. The van der Waals surface area contributed by atoms with Crippen LogP contribution in [0, 0.1) is 0 Å². The molecule has 1 aliphatic rings. The van der Waals surface area contributed by atoms with Gasteiger partial charge < -0.3 is 5.32 Å². The van der Waals surface area contributed by atoms with E-state index in [0.29, 0.717) is 12.0 Å². The Morgan fingerprint density at radius 3 is 3.00 bits per heavy atom. The van der Waals surface area contributed by atoms with Crippen molar-refractivity contribution in [2.75, 3.05) is 0 Å². The highest BCUT2D eigenvalue weighted by Gasteiger charge is 2.19. The number of amides is 1. The van der Waals surface area contributed by atoms with Crippen molar-refractivity contribution in [1.29, 1.82) is 0 Å². The molecule has 1 atom stereocenters. The molecule has 0 radical (unpaired) electrons. The van der Waals surface area contributed by atoms with E-state index < -0.39 is 0 Å². The van der Waals surface area contributed by atoms with Gasteiger partial charge >= 0.3 is 0 Å². The van der Waals surface area contributed by atoms with Crippen molar-refractivity contribution in [3.8, 4) is 0 Å². The second-order valence-electron chi connectivity index (χ2n) is 5.25. The van der Waals surface area contributed by atoms with E-state index in [4.69, 9.17) is 0 Å². The van der Waals surface area contributed by atoms with Crippen LogP contribution in [-0.2, 0) is 6.42 Å². The van der Waals surface area contributed by atoms with Crippen molar-refractivity contribution in [2.45, 2.75) is 32.2 Å². The van der Waals surface area contributed by atoms with E-state index in [1.165, 1.54) is 11.3 Å². The predicted molar refractivity (Wildman–Crippen MR) is 81.7 cm³/mol. The molecule has 1 heterocycles. The van der Waals surface area contributed by atoms with E-state index in [2.05, 4.69) is 10.3 Å². The molecule has 1 aromatic carbocycles. The number of fused-ring (bicyclic) bond motifs is 1. The van der Waals surface area contributed by atoms with Crippen molar-refractivity contribution in [3.05, 3.63) is 51.5 Å². The lowest BCUT2D eigenvalue weighted by Crippen LogP contribution is -2.26. The second-order valence-corrected chi connectivity index (χ2v) is 6.17. The Hall–Kier alpha value is -2.01. The zero-order valence-electron chi connectivity index (χ0n) is 11.8. The molecule has 1 aromatic heterocycles. The molecule has 5 heteroatoms. The summed E-state index contributed by atoms with van der Waals surface area (Å²) >= 11 is 1.52. The molecule has 0 aliphatic heterocycles. The van der Waals surface area contributed by atoms with Gasteiger partial charge in [0.15, 0.2) is 5.78 Å². The number of hydrogen-bond acceptors (Lipinski definition) is 4. The largest absolute Gasteiger partial charge is 0.345 e. The average molecular weight is 300 g/mol. The highest BCUT2D eigenvalue weighted by molar-refractivity contribution is 7.09. The summed E-state index contributed by atoms with van der Waals surface area (Å²) in [4.78, 5) is 29.1. The number of hydrogen-bond donors (Lipinski definition) is 1. The summed E-state index contributed by atoms with van der Waals surface area (Å²) in [5, 5.41) is 2.96. The number of rotatable bonds is 3. The number of thiazole rings is 1. The molecule has 0 bridgehead atoms. The number of nitrogens with one attached hydrogen (secondary N) is 1. The van der Waals surface area contributed by atoms with Gasteiger partial charge in [0.05, 0.1) is 11.6 Å². The van der Waals surface area contributed by atoms with Gasteiger partial charge in [0.25, 0.3) is 5.91 Å². The summed E-state index contributed by atoms with van der Waals surface area (Å²) in [7, 11) is 0. The lowest BCUT2D eigenvalue weighted by molar-refractivity contribution is 0.0935. The fourth-order valence-electron chi connectivity index (χ4n) is 2.58. The topological polar surface area (TPSA) is 59.1 Å². The summed E-state index contributed by atoms with van der Waals surface area (Å²) in [5.74, 6) is 0.0676. The summed E-state index contributed by atoms with van der Waals surface area (Å²) in [5.41, 5.74) is 4.13. The lowest BCUT2D eigenvalue weighted by Gasteiger charge is -2.16. The molecular formula is C16H16N2O2S. The molecule has 2 aromatic rings. The Balaban J connectivity index is 1.77. The smallest absolute Gasteiger partial charge is 0.251 e. The fourth-order valence-corrected chi connectivity index (χ4v) is 3.21. The van der Waals surface area contributed by atoms with Crippen LogP contribution in [0.5, 0.6) is 0 Å². The quantitative estimate of drug-likeness (QED) is 0.947. The number of aromatic nitrogens is 1. The Labute approximate surface area is 127 Å².